The fourth-order valence-corrected chi connectivity index (χ4v) is 2.78. The smallest absolute Gasteiger partial charge is 0.262 e. The van der Waals surface area contributed by atoms with Crippen molar-refractivity contribution in [2.24, 2.45) is 7.05 Å². The molecule has 0 atom stereocenters. The lowest BCUT2D eigenvalue weighted by molar-refractivity contribution is 0.727. The van der Waals surface area contributed by atoms with Crippen molar-refractivity contribution in [1.29, 1.82) is 0 Å². The van der Waals surface area contributed by atoms with Crippen LogP contribution in [-0.4, -0.2) is 19.3 Å². The first kappa shape index (κ1) is 13.8. The van der Waals surface area contributed by atoms with Crippen molar-refractivity contribution in [2.45, 2.75) is 19.9 Å². The molecule has 2 aromatic heterocycles. The lowest BCUT2D eigenvalue weighted by Gasteiger charge is -2.07. The summed E-state index contributed by atoms with van der Waals surface area (Å²) in [4.78, 5) is 15.7. The largest absolute Gasteiger partial charge is 0.332 e. The first-order valence-electron chi connectivity index (χ1n) is 6.83. The molecule has 0 aliphatic heterocycles. The van der Waals surface area contributed by atoms with Gasteiger partial charge in [0.25, 0.3) is 5.56 Å². The minimum atomic E-state index is -0.0692. The van der Waals surface area contributed by atoms with Crippen molar-refractivity contribution >= 4 is 23.1 Å². The molecule has 6 heteroatoms. The molecule has 0 saturated heterocycles. The van der Waals surface area contributed by atoms with E-state index in [0.717, 1.165) is 23.2 Å². The number of aryl methyl sites for hydroxylation is 2. The van der Waals surface area contributed by atoms with Crippen molar-refractivity contribution in [3.8, 4) is 0 Å². The summed E-state index contributed by atoms with van der Waals surface area (Å²) in [5.41, 5.74) is 2.72. The number of para-hydroxylation sites is 1. The van der Waals surface area contributed by atoms with Crippen LogP contribution in [0.4, 0.5) is 0 Å². The highest BCUT2D eigenvalue weighted by atomic mass is 32.1. The lowest BCUT2D eigenvalue weighted by atomic mass is 10.2. The second kappa shape index (κ2) is 5.29. The van der Waals surface area contributed by atoms with Gasteiger partial charge in [-0.2, -0.15) is 5.10 Å². The van der Waals surface area contributed by atoms with Gasteiger partial charge in [0.2, 0.25) is 0 Å². The zero-order chi connectivity index (χ0) is 15.0. The third-order valence-electron chi connectivity index (χ3n) is 3.54. The number of benzene rings is 1. The van der Waals surface area contributed by atoms with Gasteiger partial charge in [-0.25, -0.2) is 0 Å². The molecule has 3 aromatic rings. The second-order valence-corrected chi connectivity index (χ2v) is 5.38. The molecule has 0 unspecified atom stereocenters. The molecule has 108 valence electrons. The van der Waals surface area contributed by atoms with E-state index in [9.17, 15) is 4.79 Å². The van der Waals surface area contributed by atoms with Crippen molar-refractivity contribution in [2.75, 3.05) is 0 Å². The zero-order valence-corrected chi connectivity index (χ0v) is 12.8. The van der Waals surface area contributed by atoms with Crippen molar-refractivity contribution in [3.05, 3.63) is 56.8 Å². The molecule has 3 rings (SSSR count). The molecule has 2 heterocycles. The molecule has 0 spiro atoms. The SMILES string of the molecule is CCc1nn(C)cc1Cn1c(=S)[nH]c2ccccc2c1=O. The topological polar surface area (TPSA) is 55.6 Å². The third kappa shape index (κ3) is 2.42. The summed E-state index contributed by atoms with van der Waals surface area (Å²) < 4.78 is 3.80. The Bertz CT molecular complexity index is 919. The van der Waals surface area contributed by atoms with Gasteiger partial charge in [-0.1, -0.05) is 19.1 Å². The highest BCUT2D eigenvalue weighted by Gasteiger charge is 2.10. The quantitative estimate of drug-likeness (QED) is 0.756. The molecule has 5 nitrogen and oxygen atoms in total. The van der Waals surface area contributed by atoms with Gasteiger partial charge in [-0.3, -0.25) is 14.0 Å². The normalized spacial score (nSPS) is 11.1. The molecule has 0 bridgehead atoms. The molecule has 1 N–H and O–H groups in total. The summed E-state index contributed by atoms with van der Waals surface area (Å²) in [5.74, 6) is 0. The number of nitrogens with one attached hydrogen (secondary N) is 1. The van der Waals surface area contributed by atoms with Gasteiger partial charge in [-0.05, 0) is 30.8 Å². The zero-order valence-electron chi connectivity index (χ0n) is 12.0. The first-order valence-corrected chi connectivity index (χ1v) is 7.24. The second-order valence-electron chi connectivity index (χ2n) is 5.00. The van der Waals surface area contributed by atoms with Crippen LogP contribution in [0.2, 0.25) is 0 Å². The molecule has 0 radical (unpaired) electrons. The minimum Gasteiger partial charge on any atom is -0.332 e. The molecule has 0 fully saturated rings. The first-order chi connectivity index (χ1) is 10.1. The van der Waals surface area contributed by atoms with Gasteiger partial charge < -0.3 is 4.98 Å². The number of hydrogen-bond donors (Lipinski definition) is 1. The van der Waals surface area contributed by atoms with Crippen LogP contribution in [0.1, 0.15) is 18.2 Å². The summed E-state index contributed by atoms with van der Waals surface area (Å²) in [6.07, 6.45) is 2.77. The Labute approximate surface area is 126 Å². The number of aromatic nitrogens is 4. The van der Waals surface area contributed by atoms with Crippen LogP contribution in [0.5, 0.6) is 0 Å². The van der Waals surface area contributed by atoms with Crippen molar-refractivity contribution in [1.82, 2.24) is 19.3 Å². The maximum Gasteiger partial charge on any atom is 0.262 e. The molecular formula is C15H16N4OS. The van der Waals surface area contributed by atoms with Crippen LogP contribution in [-0.2, 0) is 20.0 Å². The maximum atomic E-state index is 12.6. The Morgan fingerprint density at radius 2 is 2.10 bits per heavy atom. The highest BCUT2D eigenvalue weighted by molar-refractivity contribution is 7.71. The number of aromatic amines is 1. The average molecular weight is 300 g/mol. The molecular weight excluding hydrogens is 284 g/mol. The summed E-state index contributed by atoms with van der Waals surface area (Å²) in [5, 5.41) is 5.05. The predicted octanol–water partition coefficient (Wildman–Crippen LogP) is 2.40. The molecule has 1 aromatic carbocycles. The summed E-state index contributed by atoms with van der Waals surface area (Å²) in [6, 6.07) is 7.40. The van der Waals surface area contributed by atoms with Crippen LogP contribution < -0.4 is 5.56 Å². The van der Waals surface area contributed by atoms with E-state index in [1.54, 1.807) is 9.25 Å². The monoisotopic (exact) mass is 300 g/mol. The average Bonchev–Trinajstić information content (AvgIpc) is 2.83. The Kier molecular flexibility index (Phi) is 3.47. The van der Waals surface area contributed by atoms with Gasteiger partial charge >= 0.3 is 0 Å². The van der Waals surface area contributed by atoms with E-state index in [2.05, 4.69) is 17.0 Å². The van der Waals surface area contributed by atoms with E-state index in [0.29, 0.717) is 16.7 Å². The molecule has 0 aliphatic carbocycles. The van der Waals surface area contributed by atoms with Crippen LogP contribution in [0.25, 0.3) is 10.9 Å². The van der Waals surface area contributed by atoms with Crippen LogP contribution in [0, 0.1) is 4.77 Å². The van der Waals surface area contributed by atoms with Gasteiger partial charge in [0.15, 0.2) is 4.77 Å². The predicted molar refractivity (Wildman–Crippen MR) is 85.1 cm³/mol. The van der Waals surface area contributed by atoms with E-state index in [4.69, 9.17) is 12.2 Å². The number of fused-ring (bicyclic) bond motifs is 1. The van der Waals surface area contributed by atoms with E-state index in [1.807, 2.05) is 37.5 Å². The number of H-pyrrole nitrogens is 1. The Hall–Kier alpha value is -2.21. The Morgan fingerprint density at radius 3 is 2.86 bits per heavy atom. The van der Waals surface area contributed by atoms with E-state index in [-0.39, 0.29) is 5.56 Å². The van der Waals surface area contributed by atoms with Crippen LogP contribution in [0.3, 0.4) is 0 Å². The fourth-order valence-electron chi connectivity index (χ4n) is 2.53. The van der Waals surface area contributed by atoms with Crippen molar-refractivity contribution in [3.63, 3.8) is 0 Å². The van der Waals surface area contributed by atoms with Gasteiger partial charge in [-0.15, -0.1) is 0 Å². The minimum absolute atomic E-state index is 0.0692. The van der Waals surface area contributed by atoms with Crippen LogP contribution >= 0.6 is 12.2 Å². The number of nitrogens with zero attached hydrogens (tertiary/aromatic N) is 3. The Balaban J connectivity index is 2.17. The standard InChI is InChI=1S/C15H16N4OS/c1-3-12-10(8-18(2)17-12)9-19-14(20)11-6-4-5-7-13(11)16-15(19)21/h4-8H,3,9H2,1-2H3,(H,16,21). The molecule has 0 amide bonds. The summed E-state index contributed by atoms with van der Waals surface area (Å²) >= 11 is 5.33. The molecule has 0 saturated carbocycles. The van der Waals surface area contributed by atoms with Gasteiger partial charge in [0.05, 0.1) is 23.1 Å². The van der Waals surface area contributed by atoms with E-state index >= 15 is 0 Å². The van der Waals surface area contributed by atoms with Gasteiger partial charge in [0.1, 0.15) is 0 Å². The van der Waals surface area contributed by atoms with E-state index in [1.165, 1.54) is 0 Å². The fraction of sp³-hybridized carbons (Fsp3) is 0.267. The lowest BCUT2D eigenvalue weighted by Crippen LogP contribution is -2.23. The van der Waals surface area contributed by atoms with Crippen molar-refractivity contribution < 1.29 is 0 Å². The third-order valence-corrected chi connectivity index (χ3v) is 3.87. The van der Waals surface area contributed by atoms with Gasteiger partial charge in [0, 0.05) is 18.8 Å². The summed E-state index contributed by atoms with van der Waals surface area (Å²) in [7, 11) is 1.88. The highest BCUT2D eigenvalue weighted by Crippen LogP contribution is 2.11. The van der Waals surface area contributed by atoms with E-state index < -0.39 is 0 Å². The molecule has 21 heavy (non-hydrogen) atoms. The maximum absolute atomic E-state index is 12.6. The summed E-state index contributed by atoms with van der Waals surface area (Å²) in [6.45, 7) is 2.49. The number of hydrogen-bond acceptors (Lipinski definition) is 3. The molecule has 0 aliphatic rings. The Morgan fingerprint density at radius 1 is 1.33 bits per heavy atom. The number of rotatable bonds is 3. The van der Waals surface area contributed by atoms with Crippen LogP contribution in [0.15, 0.2) is 35.3 Å².